The molecule has 4 heteroatoms. The highest BCUT2D eigenvalue weighted by atomic mass is 15.2. The Bertz CT molecular complexity index is 271. The predicted molar refractivity (Wildman–Crippen MR) is 58.4 cm³/mol. The predicted octanol–water partition coefficient (Wildman–Crippen LogP) is 1.04. The molecule has 0 aromatic carbocycles. The van der Waals surface area contributed by atoms with E-state index < -0.39 is 0 Å². The lowest BCUT2D eigenvalue weighted by molar-refractivity contribution is 0.746. The quantitative estimate of drug-likeness (QED) is 0.760. The van der Waals surface area contributed by atoms with Gasteiger partial charge in [0.15, 0.2) is 0 Å². The molecule has 78 valence electrons. The molecule has 0 spiro atoms. The van der Waals surface area contributed by atoms with Crippen LogP contribution >= 0.6 is 0 Å². The van der Waals surface area contributed by atoms with E-state index in [9.17, 15) is 0 Å². The summed E-state index contributed by atoms with van der Waals surface area (Å²) in [7, 11) is 1.90. The Labute approximate surface area is 85.4 Å². The van der Waals surface area contributed by atoms with E-state index in [1.54, 1.807) is 0 Å². The van der Waals surface area contributed by atoms with Crippen LogP contribution in [0, 0.1) is 0 Å². The van der Waals surface area contributed by atoms with E-state index in [1.807, 2.05) is 19.3 Å². The lowest BCUT2D eigenvalue weighted by Crippen LogP contribution is -2.23. The summed E-state index contributed by atoms with van der Waals surface area (Å²) in [5, 5.41) is 3.04. The number of aromatic nitrogens is 2. The van der Waals surface area contributed by atoms with Crippen molar-refractivity contribution in [2.75, 3.05) is 25.0 Å². The molecule has 1 rings (SSSR count). The molecule has 0 fully saturated rings. The molecule has 0 aliphatic rings. The first-order chi connectivity index (χ1) is 6.81. The van der Waals surface area contributed by atoms with Gasteiger partial charge >= 0.3 is 0 Å². The average molecular weight is 194 g/mol. The molecule has 0 saturated heterocycles. The van der Waals surface area contributed by atoms with Crippen LogP contribution in [-0.4, -0.2) is 30.1 Å². The van der Waals surface area contributed by atoms with Gasteiger partial charge in [-0.05, 0) is 27.0 Å². The van der Waals surface area contributed by atoms with E-state index in [1.165, 1.54) is 0 Å². The maximum Gasteiger partial charge on any atom is 0.144 e. The van der Waals surface area contributed by atoms with E-state index in [0.717, 1.165) is 31.3 Å². The molecule has 1 aromatic rings. The Morgan fingerprint density at radius 1 is 1.36 bits per heavy atom. The SMILES string of the molecule is CCN(CC)c1ccnc(CNC)n1. The molecule has 14 heavy (non-hydrogen) atoms. The molecule has 4 nitrogen and oxygen atoms in total. The molecule has 1 N–H and O–H groups in total. The summed E-state index contributed by atoms with van der Waals surface area (Å²) in [6, 6.07) is 1.95. The van der Waals surface area contributed by atoms with Crippen molar-refractivity contribution < 1.29 is 0 Å². The van der Waals surface area contributed by atoms with E-state index in [-0.39, 0.29) is 0 Å². The molecule has 0 bridgehead atoms. The number of nitrogens with zero attached hydrogens (tertiary/aromatic N) is 3. The van der Waals surface area contributed by atoms with E-state index in [4.69, 9.17) is 0 Å². The van der Waals surface area contributed by atoms with Crippen molar-refractivity contribution in [3.63, 3.8) is 0 Å². The summed E-state index contributed by atoms with van der Waals surface area (Å²) < 4.78 is 0. The van der Waals surface area contributed by atoms with Gasteiger partial charge in [0.05, 0.1) is 6.54 Å². The van der Waals surface area contributed by atoms with Gasteiger partial charge < -0.3 is 10.2 Å². The average Bonchev–Trinajstić information content (AvgIpc) is 2.21. The van der Waals surface area contributed by atoms with Gasteiger partial charge in [0.25, 0.3) is 0 Å². The van der Waals surface area contributed by atoms with Crippen LogP contribution in [0.15, 0.2) is 12.3 Å². The Morgan fingerprint density at radius 2 is 2.07 bits per heavy atom. The molecule has 0 saturated carbocycles. The first-order valence-corrected chi connectivity index (χ1v) is 5.03. The molecular weight excluding hydrogens is 176 g/mol. The highest BCUT2D eigenvalue weighted by Crippen LogP contribution is 2.08. The first-order valence-electron chi connectivity index (χ1n) is 5.03. The maximum atomic E-state index is 4.46. The number of hydrogen-bond donors (Lipinski definition) is 1. The molecule has 1 heterocycles. The van der Waals surface area contributed by atoms with Crippen LogP contribution in [0.1, 0.15) is 19.7 Å². The van der Waals surface area contributed by atoms with Crippen molar-refractivity contribution in [1.82, 2.24) is 15.3 Å². The van der Waals surface area contributed by atoms with Crippen molar-refractivity contribution in [1.29, 1.82) is 0 Å². The van der Waals surface area contributed by atoms with Crippen molar-refractivity contribution in [2.45, 2.75) is 20.4 Å². The minimum absolute atomic E-state index is 0.717. The first kappa shape index (κ1) is 10.9. The Balaban J connectivity index is 2.81. The number of hydrogen-bond acceptors (Lipinski definition) is 4. The lowest BCUT2D eigenvalue weighted by Gasteiger charge is -2.19. The molecule has 0 unspecified atom stereocenters. The van der Waals surface area contributed by atoms with Crippen LogP contribution in [0.25, 0.3) is 0 Å². The zero-order chi connectivity index (χ0) is 10.4. The van der Waals surface area contributed by atoms with Gasteiger partial charge in [0.1, 0.15) is 11.6 Å². The zero-order valence-corrected chi connectivity index (χ0v) is 9.12. The minimum Gasteiger partial charge on any atom is -0.357 e. The Kier molecular flexibility index (Phi) is 4.32. The fourth-order valence-electron chi connectivity index (χ4n) is 1.36. The van der Waals surface area contributed by atoms with Gasteiger partial charge in [-0.1, -0.05) is 0 Å². The Hall–Kier alpha value is -1.16. The van der Waals surface area contributed by atoms with Gasteiger partial charge in [-0.15, -0.1) is 0 Å². The highest BCUT2D eigenvalue weighted by molar-refractivity contribution is 5.36. The van der Waals surface area contributed by atoms with Crippen LogP contribution in [0.3, 0.4) is 0 Å². The van der Waals surface area contributed by atoms with Gasteiger partial charge in [0.2, 0.25) is 0 Å². The molecule has 1 aromatic heterocycles. The summed E-state index contributed by atoms with van der Waals surface area (Å²) >= 11 is 0. The second-order valence-electron chi connectivity index (χ2n) is 3.03. The largest absolute Gasteiger partial charge is 0.357 e. The van der Waals surface area contributed by atoms with Gasteiger partial charge in [-0.2, -0.15) is 0 Å². The van der Waals surface area contributed by atoms with Crippen LogP contribution in [0.2, 0.25) is 0 Å². The summed E-state index contributed by atoms with van der Waals surface area (Å²) in [5.74, 6) is 1.85. The Morgan fingerprint density at radius 3 is 2.64 bits per heavy atom. The topological polar surface area (TPSA) is 41.1 Å². The van der Waals surface area contributed by atoms with E-state index >= 15 is 0 Å². The lowest BCUT2D eigenvalue weighted by atomic mass is 10.4. The number of rotatable bonds is 5. The van der Waals surface area contributed by atoms with Gasteiger partial charge in [0, 0.05) is 19.3 Å². The fourth-order valence-corrected chi connectivity index (χ4v) is 1.36. The van der Waals surface area contributed by atoms with Crippen LogP contribution in [0.5, 0.6) is 0 Å². The minimum atomic E-state index is 0.717. The number of nitrogens with one attached hydrogen (secondary N) is 1. The molecule has 0 amide bonds. The highest BCUT2D eigenvalue weighted by Gasteiger charge is 2.03. The third-order valence-electron chi connectivity index (χ3n) is 2.11. The second-order valence-corrected chi connectivity index (χ2v) is 3.03. The molecule has 0 atom stereocenters. The van der Waals surface area contributed by atoms with E-state index in [2.05, 4.69) is 34.0 Å². The summed E-state index contributed by atoms with van der Waals surface area (Å²) in [6.07, 6.45) is 1.81. The maximum absolute atomic E-state index is 4.46. The van der Waals surface area contributed by atoms with Gasteiger partial charge in [-0.3, -0.25) is 0 Å². The van der Waals surface area contributed by atoms with Crippen LogP contribution in [0.4, 0.5) is 5.82 Å². The smallest absolute Gasteiger partial charge is 0.144 e. The van der Waals surface area contributed by atoms with Crippen molar-refractivity contribution >= 4 is 5.82 Å². The standard InChI is InChI=1S/C10H18N4/c1-4-14(5-2)10-6-7-12-9(13-10)8-11-3/h6-7,11H,4-5,8H2,1-3H3. The van der Waals surface area contributed by atoms with E-state index in [0.29, 0.717) is 0 Å². The van der Waals surface area contributed by atoms with Crippen LogP contribution < -0.4 is 10.2 Å². The zero-order valence-electron chi connectivity index (χ0n) is 9.12. The monoisotopic (exact) mass is 194 g/mol. The summed E-state index contributed by atoms with van der Waals surface area (Å²) in [6.45, 7) is 6.93. The third-order valence-corrected chi connectivity index (χ3v) is 2.11. The summed E-state index contributed by atoms with van der Waals surface area (Å²) in [5.41, 5.74) is 0. The van der Waals surface area contributed by atoms with Crippen molar-refractivity contribution in [3.05, 3.63) is 18.1 Å². The normalized spacial score (nSPS) is 10.2. The van der Waals surface area contributed by atoms with Crippen molar-refractivity contribution in [3.8, 4) is 0 Å². The third kappa shape index (κ3) is 2.67. The fraction of sp³-hybridized carbons (Fsp3) is 0.600. The molecule has 0 aliphatic carbocycles. The molecule has 0 aliphatic heterocycles. The summed E-state index contributed by atoms with van der Waals surface area (Å²) in [4.78, 5) is 10.8. The molecule has 0 radical (unpaired) electrons. The number of anilines is 1. The van der Waals surface area contributed by atoms with Gasteiger partial charge in [-0.25, -0.2) is 9.97 Å². The second kappa shape index (κ2) is 5.54. The molecular formula is C10H18N4. The van der Waals surface area contributed by atoms with Crippen LogP contribution in [-0.2, 0) is 6.54 Å². The van der Waals surface area contributed by atoms with Crippen molar-refractivity contribution in [2.24, 2.45) is 0 Å².